The second-order valence-corrected chi connectivity index (χ2v) is 11.0. The van der Waals surface area contributed by atoms with Gasteiger partial charge in [0.25, 0.3) is 0 Å². The molecule has 0 radical (unpaired) electrons. The summed E-state index contributed by atoms with van der Waals surface area (Å²) in [4.78, 5) is 0. The van der Waals surface area contributed by atoms with E-state index in [2.05, 4.69) is 41.5 Å². The van der Waals surface area contributed by atoms with E-state index >= 15 is 0 Å². The number of rotatable bonds is 12. The van der Waals surface area contributed by atoms with Crippen LogP contribution in [0.25, 0.3) is 0 Å². The molecule has 0 aromatic heterocycles. The molecule has 2 nitrogen and oxygen atoms in total. The summed E-state index contributed by atoms with van der Waals surface area (Å²) < 4.78 is 0. The fourth-order valence-electron chi connectivity index (χ4n) is 3.81. The average Bonchev–Trinajstić information content (AvgIpc) is 2.57. The maximum Gasteiger partial charge on any atom is 0.160 e. The number of aromatic hydroxyl groups is 2. The summed E-state index contributed by atoms with van der Waals surface area (Å²) in [5, 5.41) is 20.3. The highest BCUT2D eigenvalue weighted by Gasteiger charge is 2.13. The van der Waals surface area contributed by atoms with Crippen molar-refractivity contribution in [1.82, 2.24) is 0 Å². The zero-order chi connectivity index (χ0) is 21.2. The highest BCUT2D eigenvalue weighted by atomic mass is 16.3. The van der Waals surface area contributed by atoms with Gasteiger partial charge in [0.05, 0.1) is 0 Å². The number of aryl methyl sites for hydroxylation is 1. The van der Waals surface area contributed by atoms with Gasteiger partial charge in [-0.25, -0.2) is 0 Å². The molecule has 0 saturated heterocycles. The predicted molar refractivity (Wildman–Crippen MR) is 122 cm³/mol. The van der Waals surface area contributed by atoms with Crippen LogP contribution >= 0.6 is 0 Å². The lowest BCUT2D eigenvalue weighted by molar-refractivity contribution is 0.356. The Balaban J connectivity index is 2.42. The van der Waals surface area contributed by atoms with Crippen LogP contribution in [0.4, 0.5) is 0 Å². The van der Waals surface area contributed by atoms with Crippen molar-refractivity contribution in [3.05, 3.63) is 23.3 Å². The summed E-state index contributed by atoms with van der Waals surface area (Å²) in [5.41, 5.74) is 3.05. The van der Waals surface area contributed by atoms with Gasteiger partial charge in [0.2, 0.25) is 0 Å². The van der Waals surface area contributed by atoms with Crippen LogP contribution in [0.3, 0.4) is 0 Å². The molecule has 0 heterocycles. The van der Waals surface area contributed by atoms with Gasteiger partial charge in [-0.3, -0.25) is 0 Å². The van der Waals surface area contributed by atoms with E-state index in [1.54, 1.807) is 6.07 Å². The van der Waals surface area contributed by atoms with E-state index in [1.165, 1.54) is 56.9 Å². The fourth-order valence-corrected chi connectivity index (χ4v) is 3.81. The van der Waals surface area contributed by atoms with E-state index in [1.807, 2.05) is 6.07 Å². The molecule has 2 N–H and O–H groups in total. The summed E-state index contributed by atoms with van der Waals surface area (Å²) >= 11 is 0. The third-order valence-electron chi connectivity index (χ3n) is 5.58. The summed E-state index contributed by atoms with van der Waals surface area (Å²) in [7, 11) is 0. The second-order valence-electron chi connectivity index (χ2n) is 11.0. The zero-order valence-electron chi connectivity index (χ0n) is 19.5. The number of phenolic OH excluding ortho intramolecular Hbond substituents is 2. The van der Waals surface area contributed by atoms with Crippen LogP contribution in [-0.4, -0.2) is 10.2 Å². The van der Waals surface area contributed by atoms with Crippen LogP contribution in [0.2, 0.25) is 0 Å². The minimum atomic E-state index is 0.0247. The topological polar surface area (TPSA) is 40.5 Å². The molecular formula is C26H46O2. The van der Waals surface area contributed by atoms with Gasteiger partial charge in [0.1, 0.15) is 0 Å². The maximum atomic E-state index is 10.4. The van der Waals surface area contributed by atoms with Gasteiger partial charge in [0.15, 0.2) is 11.5 Å². The maximum absolute atomic E-state index is 10.4. The molecule has 0 spiro atoms. The molecule has 28 heavy (non-hydrogen) atoms. The highest BCUT2D eigenvalue weighted by Crippen LogP contribution is 2.34. The van der Waals surface area contributed by atoms with Crippen molar-refractivity contribution in [3.8, 4) is 11.5 Å². The molecule has 1 rings (SSSR count). The Morgan fingerprint density at radius 2 is 1.07 bits per heavy atom. The molecule has 1 aromatic carbocycles. The van der Waals surface area contributed by atoms with E-state index in [9.17, 15) is 10.2 Å². The Labute approximate surface area is 174 Å². The van der Waals surface area contributed by atoms with Crippen molar-refractivity contribution < 1.29 is 10.2 Å². The third-order valence-corrected chi connectivity index (χ3v) is 5.58. The first kappa shape index (κ1) is 24.9. The van der Waals surface area contributed by atoms with Crippen molar-refractivity contribution in [1.29, 1.82) is 0 Å². The highest BCUT2D eigenvalue weighted by molar-refractivity contribution is 5.49. The van der Waals surface area contributed by atoms with Gasteiger partial charge in [-0.15, -0.1) is 0 Å². The summed E-state index contributed by atoms with van der Waals surface area (Å²) in [5.74, 6) is 0.136. The number of hydrogen-bond acceptors (Lipinski definition) is 2. The molecule has 0 fully saturated rings. The summed E-state index contributed by atoms with van der Waals surface area (Å²) in [6.45, 7) is 13.8. The Morgan fingerprint density at radius 3 is 1.57 bits per heavy atom. The van der Waals surface area contributed by atoms with Crippen molar-refractivity contribution >= 4 is 0 Å². The number of hydrogen-bond donors (Lipinski definition) is 2. The largest absolute Gasteiger partial charge is 0.504 e. The van der Waals surface area contributed by atoms with E-state index < -0.39 is 0 Å². The van der Waals surface area contributed by atoms with Gasteiger partial charge in [0, 0.05) is 5.56 Å². The van der Waals surface area contributed by atoms with E-state index in [0.29, 0.717) is 10.8 Å². The molecule has 0 atom stereocenters. The molecule has 0 saturated carbocycles. The van der Waals surface area contributed by atoms with Crippen molar-refractivity contribution in [2.24, 2.45) is 10.8 Å². The lowest BCUT2D eigenvalue weighted by Crippen LogP contribution is -2.04. The van der Waals surface area contributed by atoms with Crippen LogP contribution in [-0.2, 0) is 12.8 Å². The Hall–Kier alpha value is -1.18. The minimum Gasteiger partial charge on any atom is -0.504 e. The van der Waals surface area contributed by atoms with Gasteiger partial charge in [-0.2, -0.15) is 0 Å². The molecule has 1 aromatic rings. The first-order valence-corrected chi connectivity index (χ1v) is 11.5. The molecular weight excluding hydrogens is 344 g/mol. The second kappa shape index (κ2) is 11.7. The van der Waals surface area contributed by atoms with Crippen molar-refractivity contribution in [3.63, 3.8) is 0 Å². The molecule has 0 aliphatic carbocycles. The summed E-state index contributed by atoms with van der Waals surface area (Å²) in [6, 6.07) is 3.66. The van der Waals surface area contributed by atoms with Gasteiger partial charge >= 0.3 is 0 Å². The smallest absolute Gasteiger partial charge is 0.160 e. The molecule has 0 aliphatic heterocycles. The quantitative estimate of drug-likeness (QED) is 0.279. The molecule has 0 unspecified atom stereocenters. The van der Waals surface area contributed by atoms with Crippen LogP contribution in [0, 0.1) is 10.8 Å². The van der Waals surface area contributed by atoms with E-state index in [0.717, 1.165) is 31.2 Å². The van der Waals surface area contributed by atoms with E-state index in [-0.39, 0.29) is 11.5 Å². The van der Waals surface area contributed by atoms with Gasteiger partial charge in [-0.05, 0) is 61.0 Å². The first-order valence-electron chi connectivity index (χ1n) is 11.5. The Morgan fingerprint density at radius 1 is 0.607 bits per heavy atom. The van der Waals surface area contributed by atoms with Crippen molar-refractivity contribution in [2.75, 3.05) is 0 Å². The lowest BCUT2D eigenvalue weighted by Gasteiger charge is -2.18. The monoisotopic (exact) mass is 390 g/mol. The zero-order valence-corrected chi connectivity index (χ0v) is 19.5. The molecule has 2 heteroatoms. The van der Waals surface area contributed by atoms with Crippen LogP contribution in [0.5, 0.6) is 11.5 Å². The minimum absolute atomic E-state index is 0.0247. The van der Waals surface area contributed by atoms with Gasteiger partial charge in [-0.1, -0.05) is 86.1 Å². The fraction of sp³-hybridized carbons (Fsp3) is 0.769. The standard InChI is InChI=1S/C26H46O2/c1-25(2,3)19-13-9-7-11-15-21-17-18-23(27)24(28)22(21)16-12-8-10-14-20-26(4,5)6/h17-18,27-28H,7-16,19-20H2,1-6H3. The predicted octanol–water partition coefficient (Wildman–Crippen LogP) is 8.18. The Kier molecular flexibility index (Phi) is 10.4. The van der Waals surface area contributed by atoms with E-state index in [4.69, 9.17) is 0 Å². The molecule has 0 aliphatic rings. The molecule has 162 valence electrons. The van der Waals surface area contributed by atoms with Crippen LogP contribution in [0.1, 0.15) is 117 Å². The molecule has 0 bridgehead atoms. The number of phenols is 2. The normalized spacial score (nSPS) is 12.5. The summed E-state index contributed by atoms with van der Waals surface area (Å²) in [6.07, 6.45) is 14.2. The van der Waals surface area contributed by atoms with Crippen LogP contribution < -0.4 is 0 Å². The SMILES string of the molecule is CC(C)(C)CCCCCCc1ccc(O)c(O)c1CCCCCCC(C)(C)C. The first-order chi connectivity index (χ1) is 13.0. The Bertz CT molecular complexity index is 561. The molecule has 0 amide bonds. The number of unbranched alkanes of at least 4 members (excludes halogenated alkanes) is 6. The van der Waals surface area contributed by atoms with Crippen molar-refractivity contribution in [2.45, 2.75) is 119 Å². The number of benzene rings is 1. The average molecular weight is 391 g/mol. The third kappa shape index (κ3) is 11.0. The van der Waals surface area contributed by atoms with Gasteiger partial charge < -0.3 is 10.2 Å². The van der Waals surface area contributed by atoms with Crippen LogP contribution in [0.15, 0.2) is 12.1 Å². The lowest BCUT2D eigenvalue weighted by atomic mass is 9.88.